The third-order valence-corrected chi connectivity index (χ3v) is 4.46. The first-order valence-corrected chi connectivity index (χ1v) is 9.51. The van der Waals surface area contributed by atoms with Crippen molar-refractivity contribution in [2.75, 3.05) is 5.32 Å². The summed E-state index contributed by atoms with van der Waals surface area (Å²) in [4.78, 5) is 24.3. The molecule has 0 saturated carbocycles. The number of amides is 1. The number of ether oxygens (including phenoxy) is 2. The Morgan fingerprint density at radius 1 is 0.828 bits per heavy atom. The van der Waals surface area contributed by atoms with Crippen LogP contribution >= 0.6 is 0 Å². The van der Waals surface area contributed by atoms with Crippen molar-refractivity contribution >= 4 is 17.6 Å². The van der Waals surface area contributed by atoms with Gasteiger partial charge in [0.15, 0.2) is 0 Å². The highest BCUT2D eigenvalue weighted by atomic mass is 16.5. The number of nitrogens with one attached hydrogen (secondary N) is 1. The Kier molecular flexibility index (Phi) is 6.63. The van der Waals surface area contributed by atoms with E-state index in [0.717, 1.165) is 12.2 Å². The SMILES string of the molecule is CCC(C)C(=O)Nc1ccc(C(=O)Oc2ccc(Oc3ccccc3)cc2)cc1. The van der Waals surface area contributed by atoms with E-state index in [0.29, 0.717) is 22.7 Å². The van der Waals surface area contributed by atoms with Gasteiger partial charge in [0.05, 0.1) is 5.56 Å². The lowest BCUT2D eigenvalue weighted by atomic mass is 10.1. The maximum absolute atomic E-state index is 12.3. The topological polar surface area (TPSA) is 64.6 Å². The molecule has 0 fully saturated rings. The third-order valence-electron chi connectivity index (χ3n) is 4.46. The minimum atomic E-state index is -0.471. The number of hydrogen-bond acceptors (Lipinski definition) is 4. The smallest absolute Gasteiger partial charge is 0.343 e. The summed E-state index contributed by atoms with van der Waals surface area (Å²) in [6.07, 6.45) is 0.769. The van der Waals surface area contributed by atoms with Crippen LogP contribution in [0, 0.1) is 5.92 Å². The molecular weight excluding hydrogens is 366 g/mol. The van der Waals surface area contributed by atoms with Crippen molar-refractivity contribution in [3.8, 4) is 17.2 Å². The van der Waals surface area contributed by atoms with Gasteiger partial charge in [-0.3, -0.25) is 4.79 Å². The molecule has 3 aromatic rings. The molecule has 5 heteroatoms. The first-order chi connectivity index (χ1) is 14.0. The number of esters is 1. The number of hydrogen-bond donors (Lipinski definition) is 1. The van der Waals surface area contributed by atoms with Crippen LogP contribution in [0.2, 0.25) is 0 Å². The van der Waals surface area contributed by atoms with Gasteiger partial charge in [-0.15, -0.1) is 0 Å². The van der Waals surface area contributed by atoms with Crippen LogP contribution in [0.5, 0.6) is 17.2 Å². The van der Waals surface area contributed by atoms with Gasteiger partial charge in [-0.2, -0.15) is 0 Å². The molecule has 3 rings (SSSR count). The lowest BCUT2D eigenvalue weighted by Crippen LogP contribution is -2.19. The summed E-state index contributed by atoms with van der Waals surface area (Å²) < 4.78 is 11.1. The van der Waals surface area contributed by atoms with E-state index >= 15 is 0 Å². The average Bonchev–Trinajstić information content (AvgIpc) is 2.75. The van der Waals surface area contributed by atoms with E-state index in [4.69, 9.17) is 9.47 Å². The van der Waals surface area contributed by atoms with E-state index < -0.39 is 5.97 Å². The molecule has 0 saturated heterocycles. The van der Waals surface area contributed by atoms with Crippen molar-refractivity contribution in [2.45, 2.75) is 20.3 Å². The number of carbonyl (C=O) groups is 2. The van der Waals surface area contributed by atoms with Gasteiger partial charge in [-0.05, 0) is 67.1 Å². The van der Waals surface area contributed by atoms with Crippen molar-refractivity contribution in [2.24, 2.45) is 5.92 Å². The zero-order chi connectivity index (χ0) is 20.6. The van der Waals surface area contributed by atoms with Gasteiger partial charge >= 0.3 is 5.97 Å². The fourth-order valence-electron chi connectivity index (χ4n) is 2.51. The molecule has 0 bridgehead atoms. The quantitative estimate of drug-likeness (QED) is 0.417. The average molecular weight is 389 g/mol. The van der Waals surface area contributed by atoms with Crippen molar-refractivity contribution < 1.29 is 19.1 Å². The second-order valence-electron chi connectivity index (χ2n) is 6.65. The second-order valence-corrected chi connectivity index (χ2v) is 6.65. The van der Waals surface area contributed by atoms with Gasteiger partial charge in [0.1, 0.15) is 17.2 Å². The summed E-state index contributed by atoms with van der Waals surface area (Å²) >= 11 is 0. The van der Waals surface area contributed by atoms with Crippen molar-refractivity contribution in [3.05, 3.63) is 84.4 Å². The second kappa shape index (κ2) is 9.55. The Hall–Kier alpha value is -3.60. The molecule has 1 amide bonds. The minimum Gasteiger partial charge on any atom is -0.457 e. The van der Waals surface area contributed by atoms with Crippen molar-refractivity contribution in [3.63, 3.8) is 0 Å². The third kappa shape index (κ3) is 5.69. The zero-order valence-electron chi connectivity index (χ0n) is 16.4. The summed E-state index contributed by atoms with van der Waals surface area (Å²) in [5.41, 5.74) is 1.05. The summed E-state index contributed by atoms with van der Waals surface area (Å²) in [7, 11) is 0. The molecular formula is C24H23NO4. The largest absolute Gasteiger partial charge is 0.457 e. The van der Waals surface area contributed by atoms with Crippen LogP contribution < -0.4 is 14.8 Å². The van der Waals surface area contributed by atoms with E-state index in [-0.39, 0.29) is 11.8 Å². The van der Waals surface area contributed by atoms with E-state index in [1.54, 1.807) is 48.5 Å². The van der Waals surface area contributed by atoms with E-state index in [9.17, 15) is 9.59 Å². The number of carbonyl (C=O) groups excluding carboxylic acids is 2. The van der Waals surface area contributed by atoms with Crippen LogP contribution in [0.4, 0.5) is 5.69 Å². The van der Waals surface area contributed by atoms with Crippen LogP contribution in [0.1, 0.15) is 30.6 Å². The lowest BCUT2D eigenvalue weighted by Gasteiger charge is -2.10. The van der Waals surface area contributed by atoms with Crippen LogP contribution in [0.15, 0.2) is 78.9 Å². The van der Waals surface area contributed by atoms with Crippen LogP contribution in [0.25, 0.3) is 0 Å². The zero-order valence-corrected chi connectivity index (χ0v) is 16.4. The molecule has 0 aliphatic carbocycles. The molecule has 1 N–H and O–H groups in total. The highest BCUT2D eigenvalue weighted by molar-refractivity contribution is 5.94. The van der Waals surface area contributed by atoms with Gasteiger partial charge in [0.25, 0.3) is 0 Å². The molecule has 148 valence electrons. The first-order valence-electron chi connectivity index (χ1n) is 9.51. The van der Waals surface area contributed by atoms with Crippen LogP contribution in [-0.2, 0) is 4.79 Å². The Balaban J connectivity index is 1.57. The number of benzene rings is 3. The number of para-hydroxylation sites is 1. The van der Waals surface area contributed by atoms with Gasteiger partial charge in [-0.1, -0.05) is 32.0 Å². The summed E-state index contributed by atoms with van der Waals surface area (Å²) in [6.45, 7) is 3.83. The molecule has 0 aliphatic heterocycles. The molecule has 0 aromatic heterocycles. The van der Waals surface area contributed by atoms with E-state index in [1.165, 1.54) is 0 Å². The molecule has 5 nitrogen and oxygen atoms in total. The molecule has 0 spiro atoms. The molecule has 1 atom stereocenters. The molecule has 0 radical (unpaired) electrons. The van der Waals surface area contributed by atoms with Gasteiger partial charge < -0.3 is 14.8 Å². The van der Waals surface area contributed by atoms with Crippen molar-refractivity contribution in [1.29, 1.82) is 0 Å². The van der Waals surface area contributed by atoms with Gasteiger partial charge in [0.2, 0.25) is 5.91 Å². The molecule has 3 aromatic carbocycles. The van der Waals surface area contributed by atoms with Gasteiger partial charge in [0, 0.05) is 11.6 Å². The monoisotopic (exact) mass is 389 g/mol. The Morgan fingerprint density at radius 3 is 2.03 bits per heavy atom. The molecule has 0 aliphatic rings. The Labute approximate surface area is 170 Å². The Bertz CT molecular complexity index is 950. The van der Waals surface area contributed by atoms with Crippen LogP contribution in [-0.4, -0.2) is 11.9 Å². The number of rotatable bonds is 7. The predicted molar refractivity (Wildman–Crippen MR) is 112 cm³/mol. The maximum Gasteiger partial charge on any atom is 0.343 e. The fraction of sp³-hybridized carbons (Fsp3) is 0.167. The normalized spacial score (nSPS) is 11.4. The lowest BCUT2D eigenvalue weighted by molar-refractivity contribution is -0.119. The van der Waals surface area contributed by atoms with E-state index in [2.05, 4.69) is 5.32 Å². The summed E-state index contributed by atoms with van der Waals surface area (Å²) in [6, 6.07) is 22.9. The predicted octanol–water partition coefficient (Wildman–Crippen LogP) is 5.68. The minimum absolute atomic E-state index is 0.0411. The Morgan fingerprint density at radius 2 is 1.41 bits per heavy atom. The van der Waals surface area contributed by atoms with E-state index in [1.807, 2.05) is 44.2 Å². The highest BCUT2D eigenvalue weighted by Crippen LogP contribution is 2.24. The maximum atomic E-state index is 12.3. The van der Waals surface area contributed by atoms with Crippen molar-refractivity contribution in [1.82, 2.24) is 0 Å². The molecule has 0 heterocycles. The summed E-state index contributed by atoms with van der Waals surface area (Å²) in [5.74, 6) is 1.23. The number of anilines is 1. The highest BCUT2D eigenvalue weighted by Gasteiger charge is 2.12. The van der Waals surface area contributed by atoms with Crippen LogP contribution in [0.3, 0.4) is 0 Å². The summed E-state index contributed by atoms with van der Waals surface area (Å²) in [5, 5.41) is 2.83. The van der Waals surface area contributed by atoms with Gasteiger partial charge in [-0.25, -0.2) is 4.79 Å². The molecule has 1 unspecified atom stereocenters. The molecule has 29 heavy (non-hydrogen) atoms. The first kappa shape index (κ1) is 20.1. The standard InChI is InChI=1S/C24H23NO4/c1-3-17(2)23(26)25-19-11-9-18(10-12-19)24(27)29-22-15-13-21(14-16-22)28-20-7-5-4-6-8-20/h4-17H,3H2,1-2H3,(H,25,26). The fourth-order valence-corrected chi connectivity index (χ4v) is 2.51.